The van der Waals surface area contributed by atoms with Gasteiger partial charge in [0, 0.05) is 16.3 Å². The van der Waals surface area contributed by atoms with Gasteiger partial charge in [0.1, 0.15) is 5.82 Å². The van der Waals surface area contributed by atoms with E-state index >= 15 is 0 Å². The van der Waals surface area contributed by atoms with Crippen molar-refractivity contribution in [3.05, 3.63) is 33.0 Å². The van der Waals surface area contributed by atoms with E-state index in [2.05, 4.69) is 21.2 Å². The van der Waals surface area contributed by atoms with Gasteiger partial charge in [-0.2, -0.15) is 0 Å². The number of benzene rings is 1. The summed E-state index contributed by atoms with van der Waals surface area (Å²) in [4.78, 5) is 0. The van der Waals surface area contributed by atoms with Gasteiger partial charge in [0.05, 0.1) is 16.3 Å². The summed E-state index contributed by atoms with van der Waals surface area (Å²) in [5.41, 5.74) is 0.268. The number of rotatable bonds is 6. The van der Waals surface area contributed by atoms with Gasteiger partial charge in [-0.05, 0) is 41.9 Å². The molecule has 0 saturated carbocycles. The number of halogens is 3. The highest BCUT2D eigenvalue weighted by Gasteiger charge is 2.29. The van der Waals surface area contributed by atoms with Crippen LogP contribution >= 0.6 is 27.5 Å². The fraction of sp³-hybridized carbons (Fsp3) is 0.538. The lowest BCUT2D eigenvalue weighted by Crippen LogP contribution is -2.36. The summed E-state index contributed by atoms with van der Waals surface area (Å²) in [6.07, 6.45) is 1.97. The van der Waals surface area contributed by atoms with Crippen LogP contribution in [0.15, 0.2) is 16.6 Å². The Kier molecular flexibility index (Phi) is 6.44. The van der Waals surface area contributed by atoms with Crippen LogP contribution in [0.1, 0.15) is 31.9 Å². The third kappa shape index (κ3) is 4.16. The molecule has 0 aliphatic heterocycles. The molecule has 0 spiro atoms. The predicted molar refractivity (Wildman–Crippen MR) is 84.5 cm³/mol. The minimum absolute atomic E-state index is 0.0356. The molecule has 114 valence electrons. The summed E-state index contributed by atoms with van der Waals surface area (Å²) in [5.74, 6) is -0.592. The van der Waals surface area contributed by atoms with Crippen LogP contribution < -0.4 is 5.32 Å². The fourth-order valence-electron chi connectivity index (χ4n) is 1.86. The van der Waals surface area contributed by atoms with Gasteiger partial charge in [0.25, 0.3) is 0 Å². The second-order valence-corrected chi connectivity index (χ2v) is 8.37. The van der Waals surface area contributed by atoms with Gasteiger partial charge >= 0.3 is 0 Å². The van der Waals surface area contributed by atoms with Gasteiger partial charge < -0.3 is 5.32 Å². The maximum Gasteiger partial charge on any atom is 0.151 e. The topological polar surface area (TPSA) is 46.2 Å². The van der Waals surface area contributed by atoms with Crippen LogP contribution in [-0.2, 0) is 9.84 Å². The smallest absolute Gasteiger partial charge is 0.151 e. The van der Waals surface area contributed by atoms with Crippen molar-refractivity contribution in [2.75, 3.05) is 12.8 Å². The molecule has 1 aromatic carbocycles. The lowest BCUT2D eigenvalue weighted by atomic mass is 10.0. The summed E-state index contributed by atoms with van der Waals surface area (Å²) in [5, 5.41) is 2.30. The highest BCUT2D eigenvalue weighted by Crippen LogP contribution is 2.32. The summed E-state index contributed by atoms with van der Waals surface area (Å²) in [6.45, 7) is 4.12. The number of hydrogen-bond acceptors (Lipinski definition) is 3. The van der Waals surface area contributed by atoms with Crippen molar-refractivity contribution < 1.29 is 12.8 Å². The van der Waals surface area contributed by atoms with E-state index < -0.39 is 26.9 Å². The maximum atomic E-state index is 14.3. The lowest BCUT2D eigenvalue weighted by molar-refractivity contribution is 0.478. The number of nitrogens with one attached hydrogen (secondary N) is 1. The first-order valence-electron chi connectivity index (χ1n) is 6.25. The van der Waals surface area contributed by atoms with E-state index in [0.29, 0.717) is 11.0 Å². The maximum absolute atomic E-state index is 14.3. The minimum Gasteiger partial charge on any atom is -0.309 e. The Morgan fingerprint density at radius 3 is 2.55 bits per heavy atom. The molecule has 0 aromatic heterocycles. The molecule has 1 aromatic rings. The van der Waals surface area contributed by atoms with Crippen molar-refractivity contribution in [3.8, 4) is 0 Å². The van der Waals surface area contributed by atoms with Crippen LogP contribution in [-0.4, -0.2) is 26.5 Å². The van der Waals surface area contributed by atoms with Gasteiger partial charge in [-0.1, -0.05) is 24.6 Å². The Bertz CT molecular complexity index is 580. The molecule has 20 heavy (non-hydrogen) atoms. The Labute approximate surface area is 132 Å². The molecule has 0 aliphatic rings. The monoisotopic (exact) mass is 385 g/mol. The molecule has 0 heterocycles. The molecule has 0 fully saturated rings. The lowest BCUT2D eigenvalue weighted by Gasteiger charge is -2.25. The molecule has 7 heteroatoms. The van der Waals surface area contributed by atoms with Gasteiger partial charge in [0.2, 0.25) is 0 Å². The van der Waals surface area contributed by atoms with Crippen LogP contribution in [0, 0.1) is 5.82 Å². The van der Waals surface area contributed by atoms with Crippen LogP contribution in [0.5, 0.6) is 0 Å². The molecule has 3 nitrogen and oxygen atoms in total. The fourth-order valence-corrected chi connectivity index (χ4v) is 3.07. The molecule has 1 rings (SSSR count). The van der Waals surface area contributed by atoms with E-state index in [1.807, 2.05) is 6.92 Å². The van der Waals surface area contributed by atoms with Crippen LogP contribution in [0.2, 0.25) is 5.02 Å². The van der Waals surface area contributed by atoms with E-state index in [-0.39, 0.29) is 10.6 Å². The van der Waals surface area contributed by atoms with Crippen molar-refractivity contribution in [2.24, 2.45) is 0 Å². The molecule has 0 bridgehead atoms. The van der Waals surface area contributed by atoms with Crippen molar-refractivity contribution in [1.29, 1.82) is 0 Å². The highest BCUT2D eigenvalue weighted by atomic mass is 79.9. The summed E-state index contributed by atoms with van der Waals surface area (Å²) >= 11 is 9.03. The third-order valence-electron chi connectivity index (χ3n) is 3.16. The van der Waals surface area contributed by atoms with E-state index in [0.717, 1.165) is 12.7 Å². The normalized spacial score (nSPS) is 15.1. The van der Waals surface area contributed by atoms with Crippen molar-refractivity contribution in [3.63, 3.8) is 0 Å². The average molecular weight is 387 g/mol. The van der Waals surface area contributed by atoms with Crippen molar-refractivity contribution in [1.82, 2.24) is 5.32 Å². The predicted octanol–water partition coefficient (Wildman–Crippen LogP) is 3.72. The zero-order chi connectivity index (χ0) is 15.5. The summed E-state index contributed by atoms with van der Waals surface area (Å²) < 4.78 is 38.3. The molecule has 2 unspecified atom stereocenters. The number of hydrogen-bond donors (Lipinski definition) is 1. The minimum atomic E-state index is -3.30. The molecule has 0 amide bonds. The molecule has 0 radical (unpaired) electrons. The Balaban J connectivity index is 3.28. The van der Waals surface area contributed by atoms with Crippen LogP contribution in [0.4, 0.5) is 4.39 Å². The number of sulfone groups is 1. The molecule has 0 aliphatic carbocycles. The van der Waals surface area contributed by atoms with Crippen molar-refractivity contribution in [2.45, 2.75) is 31.6 Å². The van der Waals surface area contributed by atoms with E-state index in [9.17, 15) is 12.8 Å². The summed E-state index contributed by atoms with van der Waals surface area (Å²) in [7, 11) is -3.30. The van der Waals surface area contributed by atoms with Gasteiger partial charge in [-0.3, -0.25) is 0 Å². The van der Waals surface area contributed by atoms with Crippen molar-refractivity contribution >= 4 is 37.4 Å². The van der Waals surface area contributed by atoms with E-state index in [4.69, 9.17) is 11.6 Å². The second kappa shape index (κ2) is 7.20. The molecule has 0 saturated heterocycles. The van der Waals surface area contributed by atoms with Gasteiger partial charge in [0.15, 0.2) is 9.84 Å². The van der Waals surface area contributed by atoms with Crippen LogP contribution in [0.25, 0.3) is 0 Å². The van der Waals surface area contributed by atoms with Gasteiger partial charge in [-0.15, -0.1) is 0 Å². The largest absolute Gasteiger partial charge is 0.309 e. The highest BCUT2D eigenvalue weighted by molar-refractivity contribution is 9.10. The van der Waals surface area contributed by atoms with Gasteiger partial charge in [-0.25, -0.2) is 12.8 Å². The first-order chi connectivity index (χ1) is 9.20. The first-order valence-corrected chi connectivity index (χ1v) is 9.38. The quantitative estimate of drug-likeness (QED) is 0.758. The SMILES string of the molecule is CCCNC(c1ccc(Br)c(Cl)c1F)C(C)S(C)(=O)=O. The Morgan fingerprint density at radius 2 is 2.05 bits per heavy atom. The zero-order valence-electron chi connectivity index (χ0n) is 11.6. The molecule has 2 atom stereocenters. The first kappa shape index (κ1) is 17.9. The molecular weight excluding hydrogens is 369 g/mol. The average Bonchev–Trinajstić information content (AvgIpc) is 2.37. The van der Waals surface area contributed by atoms with E-state index in [1.54, 1.807) is 19.1 Å². The van der Waals surface area contributed by atoms with E-state index in [1.165, 1.54) is 0 Å². The standard InChI is InChI=1S/C13H18BrClFNO2S/c1-4-7-17-13(8(2)20(3,18)19)9-5-6-10(14)11(15)12(9)16/h5-6,8,13,17H,4,7H2,1-3H3. The second-order valence-electron chi connectivity index (χ2n) is 4.73. The third-order valence-corrected chi connectivity index (χ3v) is 6.04. The Morgan fingerprint density at radius 1 is 1.45 bits per heavy atom. The zero-order valence-corrected chi connectivity index (χ0v) is 14.7. The molecule has 1 N–H and O–H groups in total. The molecular formula is C13H18BrClFNO2S. The summed E-state index contributed by atoms with van der Waals surface area (Å²) in [6, 6.07) is 2.55. The Hall–Kier alpha value is -0.170. The van der Waals surface area contributed by atoms with Crippen LogP contribution in [0.3, 0.4) is 0 Å².